The van der Waals surface area contributed by atoms with E-state index in [9.17, 15) is 0 Å². The minimum atomic E-state index is 0.750. The number of nitrogens with zero attached hydrogens (tertiary/aromatic N) is 2. The zero-order chi connectivity index (χ0) is 15.2. The van der Waals surface area contributed by atoms with Crippen molar-refractivity contribution in [3.63, 3.8) is 0 Å². The molecule has 0 aromatic heterocycles. The van der Waals surface area contributed by atoms with Crippen LogP contribution < -0.4 is 5.32 Å². The Bertz CT molecular complexity index is 294. The predicted molar refractivity (Wildman–Crippen MR) is 91.7 cm³/mol. The van der Waals surface area contributed by atoms with Gasteiger partial charge in [-0.1, -0.05) is 20.8 Å². The van der Waals surface area contributed by atoms with Gasteiger partial charge in [0.25, 0.3) is 0 Å². The molecule has 1 N–H and O–H groups in total. The summed E-state index contributed by atoms with van der Waals surface area (Å²) in [5.74, 6) is 1.76. The Balaban J connectivity index is 1.82. The summed E-state index contributed by atoms with van der Waals surface area (Å²) < 4.78 is 0. The molecule has 2 aliphatic rings. The molecule has 4 atom stereocenters. The molecule has 2 fully saturated rings. The lowest BCUT2D eigenvalue weighted by Gasteiger charge is -2.38. The summed E-state index contributed by atoms with van der Waals surface area (Å²) in [6.07, 6.45) is 6.98. The molecule has 0 bridgehead atoms. The van der Waals surface area contributed by atoms with Crippen LogP contribution in [0.3, 0.4) is 0 Å². The molecule has 0 aromatic rings. The van der Waals surface area contributed by atoms with Gasteiger partial charge in [-0.15, -0.1) is 0 Å². The molecule has 4 unspecified atom stereocenters. The molecule has 0 aromatic carbocycles. The lowest BCUT2D eigenvalue weighted by atomic mass is 9.78. The van der Waals surface area contributed by atoms with Crippen LogP contribution in [0.25, 0.3) is 0 Å². The lowest BCUT2D eigenvalue weighted by molar-refractivity contribution is 0.136. The Labute approximate surface area is 132 Å². The zero-order valence-electron chi connectivity index (χ0n) is 14.8. The van der Waals surface area contributed by atoms with Gasteiger partial charge in [-0.3, -0.25) is 4.90 Å². The van der Waals surface area contributed by atoms with Gasteiger partial charge in [0.05, 0.1) is 0 Å². The first-order chi connectivity index (χ1) is 10.1. The first kappa shape index (κ1) is 17.2. The second-order valence-corrected chi connectivity index (χ2v) is 7.49. The Morgan fingerprint density at radius 2 is 1.95 bits per heavy atom. The summed E-state index contributed by atoms with van der Waals surface area (Å²) in [5.41, 5.74) is 0. The van der Waals surface area contributed by atoms with Crippen LogP contribution in [0.15, 0.2) is 0 Å². The normalized spacial score (nSPS) is 34.7. The van der Waals surface area contributed by atoms with Crippen molar-refractivity contribution in [2.75, 3.05) is 39.8 Å². The van der Waals surface area contributed by atoms with Gasteiger partial charge in [-0.05, 0) is 70.6 Å². The minimum Gasteiger partial charge on any atom is -0.314 e. The van der Waals surface area contributed by atoms with E-state index in [2.05, 4.69) is 42.9 Å². The van der Waals surface area contributed by atoms with Crippen molar-refractivity contribution in [1.82, 2.24) is 15.1 Å². The van der Waals surface area contributed by atoms with Crippen molar-refractivity contribution in [2.24, 2.45) is 11.8 Å². The second-order valence-electron chi connectivity index (χ2n) is 7.49. The third kappa shape index (κ3) is 4.94. The number of rotatable bonds is 7. The molecule has 1 heterocycles. The molecular formula is C18H37N3. The van der Waals surface area contributed by atoms with E-state index in [1.165, 1.54) is 58.3 Å². The fourth-order valence-corrected chi connectivity index (χ4v) is 4.58. The van der Waals surface area contributed by atoms with Gasteiger partial charge in [0.15, 0.2) is 0 Å². The summed E-state index contributed by atoms with van der Waals surface area (Å²) in [6, 6.07) is 1.55. The molecule has 1 saturated heterocycles. The summed E-state index contributed by atoms with van der Waals surface area (Å²) in [6.45, 7) is 13.2. The van der Waals surface area contributed by atoms with Crippen LogP contribution in [0.2, 0.25) is 0 Å². The van der Waals surface area contributed by atoms with Gasteiger partial charge in [0.1, 0.15) is 0 Å². The topological polar surface area (TPSA) is 18.5 Å². The first-order valence-corrected chi connectivity index (χ1v) is 9.30. The third-order valence-corrected chi connectivity index (χ3v) is 5.68. The summed E-state index contributed by atoms with van der Waals surface area (Å²) >= 11 is 0. The van der Waals surface area contributed by atoms with Crippen LogP contribution >= 0.6 is 0 Å². The molecule has 0 radical (unpaired) electrons. The summed E-state index contributed by atoms with van der Waals surface area (Å²) in [5, 5.41) is 3.74. The first-order valence-electron chi connectivity index (χ1n) is 9.30. The Morgan fingerprint density at radius 3 is 2.67 bits per heavy atom. The number of hydrogen-bond donors (Lipinski definition) is 1. The molecule has 1 aliphatic carbocycles. The van der Waals surface area contributed by atoms with E-state index < -0.39 is 0 Å². The fourth-order valence-electron chi connectivity index (χ4n) is 4.58. The molecule has 3 nitrogen and oxygen atoms in total. The molecule has 124 valence electrons. The average Bonchev–Trinajstić information content (AvgIpc) is 2.89. The molecule has 0 spiro atoms. The monoisotopic (exact) mass is 295 g/mol. The Kier molecular flexibility index (Phi) is 6.97. The Morgan fingerprint density at radius 1 is 1.14 bits per heavy atom. The zero-order valence-corrected chi connectivity index (χ0v) is 14.8. The van der Waals surface area contributed by atoms with Crippen molar-refractivity contribution in [3.05, 3.63) is 0 Å². The number of likely N-dealkylation sites (N-methyl/N-ethyl adjacent to an activating group) is 2. The average molecular weight is 296 g/mol. The third-order valence-electron chi connectivity index (χ3n) is 5.68. The van der Waals surface area contributed by atoms with Crippen LogP contribution in [0.4, 0.5) is 0 Å². The highest BCUT2D eigenvalue weighted by Gasteiger charge is 2.30. The lowest BCUT2D eigenvalue weighted by Crippen LogP contribution is -2.47. The van der Waals surface area contributed by atoms with Crippen molar-refractivity contribution >= 4 is 0 Å². The molecule has 3 heteroatoms. The van der Waals surface area contributed by atoms with E-state index in [1.807, 2.05) is 0 Å². The van der Waals surface area contributed by atoms with E-state index in [1.54, 1.807) is 0 Å². The number of likely N-dealkylation sites (tertiary alicyclic amines) is 1. The van der Waals surface area contributed by atoms with Crippen LogP contribution in [0, 0.1) is 11.8 Å². The van der Waals surface area contributed by atoms with E-state index in [-0.39, 0.29) is 0 Å². The highest BCUT2D eigenvalue weighted by atomic mass is 15.2. The Hall–Kier alpha value is -0.120. The molecule has 21 heavy (non-hydrogen) atoms. The van der Waals surface area contributed by atoms with Crippen LogP contribution in [0.1, 0.15) is 52.9 Å². The predicted octanol–water partition coefficient (Wildman–Crippen LogP) is 2.82. The van der Waals surface area contributed by atoms with Gasteiger partial charge < -0.3 is 10.2 Å². The van der Waals surface area contributed by atoms with Gasteiger partial charge in [0.2, 0.25) is 0 Å². The highest BCUT2D eigenvalue weighted by Crippen LogP contribution is 2.30. The van der Waals surface area contributed by atoms with E-state index in [4.69, 9.17) is 0 Å². The highest BCUT2D eigenvalue weighted by molar-refractivity contribution is 4.87. The smallest absolute Gasteiger partial charge is 0.0223 e. The maximum atomic E-state index is 3.74. The van der Waals surface area contributed by atoms with Gasteiger partial charge in [-0.2, -0.15) is 0 Å². The van der Waals surface area contributed by atoms with Crippen molar-refractivity contribution in [3.8, 4) is 0 Å². The molecule has 1 aliphatic heterocycles. The largest absolute Gasteiger partial charge is 0.314 e. The maximum absolute atomic E-state index is 3.74. The molecular weight excluding hydrogens is 258 g/mol. The number of hydrogen-bond acceptors (Lipinski definition) is 3. The second kappa shape index (κ2) is 8.50. The van der Waals surface area contributed by atoms with E-state index >= 15 is 0 Å². The molecule has 1 saturated carbocycles. The standard InChI is InChI=1S/C18H37N3/c1-5-19-18-10-9-15(3)12-16(18)13-20(4)14-17-8-7-11-21(17)6-2/h15-19H,5-14H2,1-4H3. The maximum Gasteiger partial charge on any atom is 0.0223 e. The van der Waals surface area contributed by atoms with E-state index in [0.29, 0.717) is 0 Å². The van der Waals surface area contributed by atoms with Gasteiger partial charge in [0, 0.05) is 25.2 Å². The minimum absolute atomic E-state index is 0.750. The number of nitrogens with one attached hydrogen (secondary N) is 1. The summed E-state index contributed by atoms with van der Waals surface area (Å²) in [4.78, 5) is 5.29. The van der Waals surface area contributed by atoms with Crippen LogP contribution in [-0.4, -0.2) is 61.7 Å². The SMILES string of the molecule is CCNC1CCC(C)CC1CN(C)CC1CCCN1CC. The molecule has 2 rings (SSSR count). The van der Waals surface area contributed by atoms with Gasteiger partial charge >= 0.3 is 0 Å². The van der Waals surface area contributed by atoms with Crippen molar-refractivity contribution < 1.29 is 0 Å². The fraction of sp³-hybridized carbons (Fsp3) is 1.00. The van der Waals surface area contributed by atoms with Crippen LogP contribution in [-0.2, 0) is 0 Å². The quantitative estimate of drug-likeness (QED) is 0.779. The van der Waals surface area contributed by atoms with Crippen molar-refractivity contribution in [1.29, 1.82) is 0 Å². The van der Waals surface area contributed by atoms with E-state index in [0.717, 1.165) is 30.5 Å². The van der Waals surface area contributed by atoms with Crippen LogP contribution in [0.5, 0.6) is 0 Å². The molecule has 0 amide bonds. The van der Waals surface area contributed by atoms with Crippen molar-refractivity contribution in [2.45, 2.75) is 65.0 Å². The summed E-state index contributed by atoms with van der Waals surface area (Å²) in [7, 11) is 2.34. The van der Waals surface area contributed by atoms with Gasteiger partial charge in [-0.25, -0.2) is 0 Å².